The lowest BCUT2D eigenvalue weighted by Crippen LogP contribution is -2.51. The number of nitrogens with zero attached hydrogens (tertiary/aromatic N) is 1. The smallest absolute Gasteiger partial charge is 0.250 e. The Bertz CT molecular complexity index is 246. The van der Waals surface area contributed by atoms with E-state index in [1.807, 2.05) is 0 Å². The Hall–Kier alpha value is -0.260. The molecule has 5 heteroatoms. The number of nitrogens with two attached hydrogens (primary N) is 1. The van der Waals surface area contributed by atoms with Crippen molar-refractivity contribution in [2.45, 2.75) is 38.2 Å². The molecule has 1 aliphatic heterocycles. The third-order valence-corrected chi connectivity index (χ3v) is 3.98. The Balaban J connectivity index is 1.79. The highest BCUT2D eigenvalue weighted by molar-refractivity contribution is 4.87. The van der Waals surface area contributed by atoms with Gasteiger partial charge in [-0.15, -0.1) is 0 Å². The highest BCUT2D eigenvalue weighted by Gasteiger charge is 2.31. The lowest BCUT2D eigenvalue weighted by molar-refractivity contribution is 0.106. The van der Waals surface area contributed by atoms with E-state index >= 15 is 0 Å². The van der Waals surface area contributed by atoms with Gasteiger partial charge in [0.25, 0.3) is 6.43 Å². The van der Waals surface area contributed by atoms with E-state index in [-0.39, 0.29) is 12.6 Å². The Kier molecular flexibility index (Phi) is 5.33. The van der Waals surface area contributed by atoms with Crippen LogP contribution in [0.1, 0.15) is 25.7 Å². The zero-order valence-electron chi connectivity index (χ0n) is 11.0. The largest absolute Gasteiger partial charge is 0.329 e. The molecule has 0 amide bonds. The molecule has 3 nitrogen and oxygen atoms in total. The summed E-state index contributed by atoms with van der Waals surface area (Å²) < 4.78 is 24.5. The minimum absolute atomic E-state index is 0.183. The number of hydrogen-bond acceptors (Lipinski definition) is 3. The highest BCUT2D eigenvalue weighted by Crippen LogP contribution is 2.37. The fourth-order valence-corrected chi connectivity index (χ4v) is 3.07. The molecule has 1 aliphatic carbocycles. The summed E-state index contributed by atoms with van der Waals surface area (Å²) in [5.41, 5.74) is 5.60. The number of halogens is 2. The van der Waals surface area contributed by atoms with Gasteiger partial charge in [0.05, 0.1) is 6.54 Å². The number of hydrogen-bond donors (Lipinski definition) is 2. The molecule has 0 bridgehead atoms. The van der Waals surface area contributed by atoms with Crippen molar-refractivity contribution in [3.05, 3.63) is 0 Å². The molecule has 0 aromatic rings. The lowest BCUT2D eigenvalue weighted by atomic mass is 9.89. The van der Waals surface area contributed by atoms with Crippen LogP contribution in [0.25, 0.3) is 0 Å². The molecular weight excluding hydrogens is 236 g/mol. The van der Waals surface area contributed by atoms with Crippen LogP contribution < -0.4 is 11.1 Å². The Morgan fingerprint density at radius 3 is 2.61 bits per heavy atom. The van der Waals surface area contributed by atoms with Gasteiger partial charge in [0.2, 0.25) is 0 Å². The van der Waals surface area contributed by atoms with Crippen molar-refractivity contribution in [3.63, 3.8) is 0 Å². The molecule has 0 aromatic carbocycles. The summed E-state index contributed by atoms with van der Waals surface area (Å²) in [6.07, 6.45) is 2.79. The number of nitrogens with one attached hydrogen (secondary N) is 1. The van der Waals surface area contributed by atoms with Crippen molar-refractivity contribution in [2.75, 3.05) is 32.7 Å². The van der Waals surface area contributed by atoms with Crippen molar-refractivity contribution < 1.29 is 8.78 Å². The first-order valence-electron chi connectivity index (χ1n) is 7.11. The van der Waals surface area contributed by atoms with Crippen LogP contribution >= 0.6 is 0 Å². The Morgan fingerprint density at radius 1 is 1.22 bits per heavy atom. The molecule has 0 radical (unpaired) electrons. The number of alkyl halides is 2. The van der Waals surface area contributed by atoms with Crippen LogP contribution in [0, 0.1) is 11.8 Å². The predicted molar refractivity (Wildman–Crippen MR) is 68.7 cm³/mol. The van der Waals surface area contributed by atoms with Crippen LogP contribution in [0.4, 0.5) is 8.78 Å². The van der Waals surface area contributed by atoms with Crippen molar-refractivity contribution in [1.29, 1.82) is 0 Å². The molecule has 2 rings (SSSR count). The van der Waals surface area contributed by atoms with Gasteiger partial charge in [-0.05, 0) is 24.7 Å². The average molecular weight is 261 g/mol. The third kappa shape index (κ3) is 4.78. The zero-order valence-corrected chi connectivity index (χ0v) is 11.0. The van der Waals surface area contributed by atoms with Gasteiger partial charge in [0.15, 0.2) is 0 Å². The second-order valence-corrected chi connectivity index (χ2v) is 5.83. The fourth-order valence-electron chi connectivity index (χ4n) is 3.07. The summed E-state index contributed by atoms with van der Waals surface area (Å²) in [7, 11) is 0. The molecule has 1 saturated heterocycles. The monoisotopic (exact) mass is 261 g/mol. The van der Waals surface area contributed by atoms with Crippen molar-refractivity contribution in [2.24, 2.45) is 17.6 Å². The van der Waals surface area contributed by atoms with Gasteiger partial charge in [-0.25, -0.2) is 8.78 Å². The summed E-state index contributed by atoms with van der Waals surface area (Å²) in [5, 5.41) is 3.00. The van der Waals surface area contributed by atoms with Gasteiger partial charge in [-0.3, -0.25) is 0 Å². The van der Waals surface area contributed by atoms with Crippen LogP contribution in [0.15, 0.2) is 0 Å². The fraction of sp³-hybridized carbons (Fsp3) is 1.00. The average Bonchev–Trinajstić information content (AvgIpc) is 3.10. The second-order valence-electron chi connectivity index (χ2n) is 5.83. The normalized spacial score (nSPS) is 30.0. The topological polar surface area (TPSA) is 41.3 Å². The second kappa shape index (κ2) is 6.78. The molecule has 2 aliphatic rings. The van der Waals surface area contributed by atoms with Crippen molar-refractivity contribution in [3.8, 4) is 0 Å². The van der Waals surface area contributed by atoms with Gasteiger partial charge in [-0.2, -0.15) is 0 Å². The first-order valence-corrected chi connectivity index (χ1v) is 7.11. The maximum absolute atomic E-state index is 12.3. The molecule has 1 saturated carbocycles. The highest BCUT2D eigenvalue weighted by atomic mass is 19.3. The molecule has 0 aromatic heterocycles. The summed E-state index contributed by atoms with van der Waals surface area (Å²) in [6, 6.07) is 0.211. The molecule has 106 valence electrons. The van der Waals surface area contributed by atoms with Gasteiger partial charge >= 0.3 is 0 Å². The molecular formula is C13H25F2N3. The van der Waals surface area contributed by atoms with Crippen molar-refractivity contribution in [1.82, 2.24) is 10.2 Å². The maximum Gasteiger partial charge on any atom is 0.250 e. The summed E-state index contributed by atoms with van der Waals surface area (Å²) in [4.78, 5) is 2.33. The molecule has 2 atom stereocenters. The SMILES string of the molecule is NCCN1CC(CC2CC2)CC(NCC(F)F)C1. The standard InChI is InChI=1S/C13H25F2N3/c14-13(15)7-17-12-6-11(5-10-1-2-10)8-18(9-12)4-3-16/h10-13,17H,1-9,16H2. The van der Waals surface area contributed by atoms with E-state index in [0.29, 0.717) is 12.5 Å². The van der Waals surface area contributed by atoms with E-state index in [9.17, 15) is 8.78 Å². The van der Waals surface area contributed by atoms with E-state index in [1.54, 1.807) is 0 Å². The quantitative estimate of drug-likeness (QED) is 0.725. The minimum Gasteiger partial charge on any atom is -0.329 e. The Labute approximate surface area is 108 Å². The molecule has 3 N–H and O–H groups in total. The maximum atomic E-state index is 12.3. The third-order valence-electron chi connectivity index (χ3n) is 3.98. The lowest BCUT2D eigenvalue weighted by Gasteiger charge is -2.38. The van der Waals surface area contributed by atoms with Crippen LogP contribution in [0.3, 0.4) is 0 Å². The van der Waals surface area contributed by atoms with E-state index < -0.39 is 6.43 Å². The van der Waals surface area contributed by atoms with E-state index in [0.717, 1.165) is 32.0 Å². The van der Waals surface area contributed by atoms with Gasteiger partial charge in [0.1, 0.15) is 0 Å². The summed E-state index contributed by atoms with van der Waals surface area (Å²) in [6.45, 7) is 3.31. The molecule has 2 fully saturated rings. The van der Waals surface area contributed by atoms with E-state index in [1.165, 1.54) is 19.3 Å². The first-order chi connectivity index (χ1) is 8.67. The van der Waals surface area contributed by atoms with Gasteiger partial charge in [-0.1, -0.05) is 12.8 Å². The number of likely N-dealkylation sites (tertiary alicyclic amines) is 1. The van der Waals surface area contributed by atoms with Gasteiger partial charge < -0.3 is 16.0 Å². The van der Waals surface area contributed by atoms with Crippen LogP contribution in [-0.4, -0.2) is 50.1 Å². The zero-order chi connectivity index (χ0) is 13.0. The van der Waals surface area contributed by atoms with E-state index in [2.05, 4.69) is 10.2 Å². The van der Waals surface area contributed by atoms with Gasteiger partial charge in [0, 0.05) is 32.2 Å². The van der Waals surface area contributed by atoms with Crippen LogP contribution in [0.2, 0.25) is 0 Å². The summed E-state index contributed by atoms with van der Waals surface area (Å²) in [5.74, 6) is 1.57. The molecule has 1 heterocycles. The molecule has 18 heavy (non-hydrogen) atoms. The molecule has 0 spiro atoms. The van der Waals surface area contributed by atoms with Crippen molar-refractivity contribution >= 4 is 0 Å². The minimum atomic E-state index is -2.25. The summed E-state index contributed by atoms with van der Waals surface area (Å²) >= 11 is 0. The van der Waals surface area contributed by atoms with Crippen LogP contribution in [0.5, 0.6) is 0 Å². The number of rotatable bonds is 7. The van der Waals surface area contributed by atoms with E-state index in [4.69, 9.17) is 5.73 Å². The predicted octanol–water partition coefficient (Wildman–Crippen LogP) is 1.29. The van der Waals surface area contributed by atoms with Crippen LogP contribution in [-0.2, 0) is 0 Å². The number of piperidine rings is 1. The molecule has 2 unspecified atom stereocenters. The first kappa shape index (κ1) is 14.2. The Morgan fingerprint density at radius 2 is 2.00 bits per heavy atom.